The minimum atomic E-state index is -0.0497. The van der Waals surface area contributed by atoms with Gasteiger partial charge in [0, 0.05) is 34.7 Å². The number of thioether (sulfide) groups is 1. The number of aromatic nitrogens is 1. The SMILES string of the molecule is Cc1nc(CSc2ccc(C(=O)NCc3ccccc3CN(C)C)cc2)cs1. The molecule has 1 N–H and O–H groups in total. The number of hydrogen-bond acceptors (Lipinski definition) is 5. The van der Waals surface area contributed by atoms with E-state index in [0.29, 0.717) is 12.1 Å². The summed E-state index contributed by atoms with van der Waals surface area (Å²) in [5.41, 5.74) is 4.16. The van der Waals surface area contributed by atoms with Gasteiger partial charge in [0.15, 0.2) is 0 Å². The van der Waals surface area contributed by atoms with E-state index in [0.717, 1.165) is 33.5 Å². The van der Waals surface area contributed by atoms with Crippen LogP contribution < -0.4 is 5.32 Å². The lowest BCUT2D eigenvalue weighted by Gasteiger charge is -2.14. The van der Waals surface area contributed by atoms with E-state index in [1.165, 1.54) is 5.56 Å². The maximum absolute atomic E-state index is 12.5. The second-order valence-corrected chi connectivity index (χ2v) is 8.97. The predicted molar refractivity (Wildman–Crippen MR) is 118 cm³/mol. The summed E-state index contributed by atoms with van der Waals surface area (Å²) in [6.45, 7) is 3.41. The van der Waals surface area contributed by atoms with Gasteiger partial charge in [-0.05, 0) is 56.4 Å². The molecule has 0 aliphatic rings. The first-order valence-corrected chi connectivity index (χ1v) is 11.0. The lowest BCUT2D eigenvalue weighted by atomic mass is 10.1. The summed E-state index contributed by atoms with van der Waals surface area (Å²) in [7, 11) is 4.09. The van der Waals surface area contributed by atoms with Gasteiger partial charge in [0.1, 0.15) is 0 Å². The number of nitrogens with zero attached hydrogens (tertiary/aromatic N) is 2. The number of amides is 1. The molecule has 0 unspecified atom stereocenters. The molecule has 0 radical (unpaired) electrons. The lowest BCUT2D eigenvalue weighted by Crippen LogP contribution is -2.24. The van der Waals surface area contributed by atoms with Gasteiger partial charge in [-0.25, -0.2) is 4.98 Å². The number of carbonyl (C=O) groups is 1. The topological polar surface area (TPSA) is 45.2 Å². The molecule has 3 aromatic rings. The van der Waals surface area contributed by atoms with E-state index in [1.807, 2.05) is 57.4 Å². The largest absolute Gasteiger partial charge is 0.348 e. The van der Waals surface area contributed by atoms with Crippen LogP contribution in [0.2, 0.25) is 0 Å². The first-order chi connectivity index (χ1) is 13.5. The highest BCUT2D eigenvalue weighted by atomic mass is 32.2. The molecular weight excluding hydrogens is 386 g/mol. The van der Waals surface area contributed by atoms with Crippen molar-refractivity contribution in [3.05, 3.63) is 81.3 Å². The van der Waals surface area contributed by atoms with Crippen LogP contribution in [0.4, 0.5) is 0 Å². The van der Waals surface area contributed by atoms with Crippen LogP contribution in [0.25, 0.3) is 0 Å². The molecule has 1 heterocycles. The first-order valence-electron chi connectivity index (χ1n) is 9.15. The van der Waals surface area contributed by atoms with E-state index in [9.17, 15) is 4.79 Å². The third kappa shape index (κ3) is 5.92. The van der Waals surface area contributed by atoms with Crippen molar-refractivity contribution in [3.8, 4) is 0 Å². The molecule has 2 aromatic carbocycles. The van der Waals surface area contributed by atoms with E-state index >= 15 is 0 Å². The summed E-state index contributed by atoms with van der Waals surface area (Å²) in [5.74, 6) is 0.796. The number of rotatable bonds is 8. The smallest absolute Gasteiger partial charge is 0.251 e. The number of benzene rings is 2. The van der Waals surface area contributed by atoms with Crippen LogP contribution >= 0.6 is 23.1 Å². The van der Waals surface area contributed by atoms with Crippen LogP contribution in [-0.4, -0.2) is 29.9 Å². The Morgan fingerprint density at radius 3 is 2.46 bits per heavy atom. The lowest BCUT2D eigenvalue weighted by molar-refractivity contribution is 0.0950. The fourth-order valence-corrected chi connectivity index (χ4v) is 4.35. The van der Waals surface area contributed by atoms with E-state index in [1.54, 1.807) is 23.1 Å². The molecule has 1 aromatic heterocycles. The molecule has 3 rings (SSSR count). The monoisotopic (exact) mass is 411 g/mol. The Morgan fingerprint density at radius 2 is 1.82 bits per heavy atom. The quantitative estimate of drug-likeness (QED) is 0.544. The predicted octanol–water partition coefficient (Wildman–Crippen LogP) is 4.74. The third-order valence-corrected chi connectivity index (χ3v) is 6.08. The van der Waals surface area contributed by atoms with Crippen LogP contribution in [0.1, 0.15) is 32.2 Å². The Morgan fingerprint density at radius 1 is 1.11 bits per heavy atom. The number of hydrogen-bond donors (Lipinski definition) is 1. The zero-order valence-electron chi connectivity index (χ0n) is 16.4. The Kier molecular flexibility index (Phi) is 7.25. The normalized spacial score (nSPS) is 11.0. The molecule has 0 saturated heterocycles. The van der Waals surface area contributed by atoms with E-state index in [2.05, 4.69) is 32.7 Å². The van der Waals surface area contributed by atoms with Crippen molar-refractivity contribution in [3.63, 3.8) is 0 Å². The highest BCUT2D eigenvalue weighted by Gasteiger charge is 2.08. The molecule has 0 bridgehead atoms. The van der Waals surface area contributed by atoms with Crippen molar-refractivity contribution in [1.82, 2.24) is 15.2 Å². The number of nitrogens with one attached hydrogen (secondary N) is 1. The van der Waals surface area contributed by atoms with Crippen LogP contribution in [0.5, 0.6) is 0 Å². The number of thiazole rings is 1. The molecule has 0 saturated carbocycles. The van der Waals surface area contributed by atoms with Crippen molar-refractivity contribution in [2.75, 3.05) is 14.1 Å². The Hall–Kier alpha value is -2.15. The minimum Gasteiger partial charge on any atom is -0.348 e. The van der Waals surface area contributed by atoms with Crippen molar-refractivity contribution in [1.29, 1.82) is 0 Å². The van der Waals surface area contributed by atoms with Crippen LogP contribution in [-0.2, 0) is 18.8 Å². The van der Waals surface area contributed by atoms with Gasteiger partial charge >= 0.3 is 0 Å². The van der Waals surface area contributed by atoms with Gasteiger partial charge in [0.2, 0.25) is 0 Å². The van der Waals surface area contributed by atoms with Crippen molar-refractivity contribution >= 4 is 29.0 Å². The van der Waals surface area contributed by atoms with Gasteiger partial charge in [-0.15, -0.1) is 23.1 Å². The summed E-state index contributed by atoms with van der Waals surface area (Å²) >= 11 is 3.41. The molecule has 0 atom stereocenters. The second kappa shape index (κ2) is 9.87. The van der Waals surface area contributed by atoms with Crippen LogP contribution in [0.15, 0.2) is 58.8 Å². The van der Waals surface area contributed by atoms with Crippen molar-refractivity contribution in [2.24, 2.45) is 0 Å². The second-order valence-electron chi connectivity index (χ2n) is 6.86. The minimum absolute atomic E-state index is 0.0497. The molecular formula is C22H25N3OS2. The molecule has 1 amide bonds. The molecule has 0 spiro atoms. The van der Waals surface area contributed by atoms with E-state index in [-0.39, 0.29) is 5.91 Å². The summed E-state index contributed by atoms with van der Waals surface area (Å²) in [5, 5.41) is 6.22. The fraction of sp³-hybridized carbons (Fsp3) is 0.273. The average Bonchev–Trinajstić information content (AvgIpc) is 3.10. The van der Waals surface area contributed by atoms with Gasteiger partial charge in [-0.2, -0.15) is 0 Å². The third-order valence-electron chi connectivity index (χ3n) is 4.21. The molecule has 0 aliphatic carbocycles. The zero-order chi connectivity index (χ0) is 19.9. The average molecular weight is 412 g/mol. The highest BCUT2D eigenvalue weighted by molar-refractivity contribution is 7.98. The molecule has 4 nitrogen and oxygen atoms in total. The maximum atomic E-state index is 12.5. The summed E-state index contributed by atoms with van der Waals surface area (Å²) in [6, 6.07) is 16.0. The molecule has 146 valence electrons. The molecule has 0 aliphatic heterocycles. The van der Waals surface area contributed by atoms with Gasteiger partial charge in [-0.1, -0.05) is 24.3 Å². The maximum Gasteiger partial charge on any atom is 0.251 e. The van der Waals surface area contributed by atoms with Gasteiger partial charge in [0.05, 0.1) is 10.7 Å². The van der Waals surface area contributed by atoms with Gasteiger partial charge in [-0.3, -0.25) is 4.79 Å². The van der Waals surface area contributed by atoms with Crippen molar-refractivity contribution in [2.45, 2.75) is 30.7 Å². The van der Waals surface area contributed by atoms with Crippen molar-refractivity contribution < 1.29 is 4.79 Å². The van der Waals surface area contributed by atoms with Gasteiger partial charge < -0.3 is 10.2 Å². The number of carbonyl (C=O) groups excluding carboxylic acids is 1. The Bertz CT molecular complexity index is 920. The molecule has 28 heavy (non-hydrogen) atoms. The zero-order valence-corrected chi connectivity index (χ0v) is 18.1. The Balaban J connectivity index is 1.55. The molecule has 0 fully saturated rings. The molecule has 6 heteroatoms. The summed E-state index contributed by atoms with van der Waals surface area (Å²) in [4.78, 5) is 20.3. The highest BCUT2D eigenvalue weighted by Crippen LogP contribution is 2.24. The number of aryl methyl sites for hydroxylation is 1. The summed E-state index contributed by atoms with van der Waals surface area (Å²) < 4.78 is 0. The standard InChI is InChI=1S/C22H25N3OS2/c1-16-24-20(14-27-16)15-28-21-10-8-17(9-11-21)22(26)23-12-18-6-4-5-7-19(18)13-25(2)3/h4-11,14H,12-13,15H2,1-3H3,(H,23,26). The first kappa shape index (κ1) is 20.6. The van der Waals surface area contributed by atoms with E-state index in [4.69, 9.17) is 0 Å². The van der Waals surface area contributed by atoms with Gasteiger partial charge in [0.25, 0.3) is 5.91 Å². The van der Waals surface area contributed by atoms with Crippen LogP contribution in [0, 0.1) is 6.92 Å². The van der Waals surface area contributed by atoms with Crippen LogP contribution in [0.3, 0.4) is 0 Å². The Labute approximate surface area is 175 Å². The fourth-order valence-electron chi connectivity index (χ4n) is 2.84. The van der Waals surface area contributed by atoms with E-state index < -0.39 is 0 Å². The summed E-state index contributed by atoms with van der Waals surface area (Å²) in [6.07, 6.45) is 0.